The van der Waals surface area contributed by atoms with Crippen LogP contribution in [0, 0.1) is 13.8 Å². The van der Waals surface area contributed by atoms with Gasteiger partial charge in [0.25, 0.3) is 5.56 Å². The van der Waals surface area contributed by atoms with Gasteiger partial charge in [-0.05, 0) is 19.4 Å². The lowest BCUT2D eigenvalue weighted by molar-refractivity contribution is -0.138. The fourth-order valence-corrected chi connectivity index (χ4v) is 3.61. The summed E-state index contributed by atoms with van der Waals surface area (Å²) in [5, 5.41) is 19.4. The predicted molar refractivity (Wildman–Crippen MR) is 97.5 cm³/mol. The van der Waals surface area contributed by atoms with Gasteiger partial charge in [0, 0.05) is 17.7 Å². The second-order valence-corrected chi connectivity index (χ2v) is 7.26. The molecule has 3 rings (SSSR count). The fraction of sp³-hybridized carbons (Fsp3) is 0.375. The van der Waals surface area contributed by atoms with Crippen LogP contribution in [0.1, 0.15) is 28.4 Å². The summed E-state index contributed by atoms with van der Waals surface area (Å²) in [6.45, 7) is 3.70. The summed E-state index contributed by atoms with van der Waals surface area (Å²) >= 11 is 1.46. The Bertz CT molecular complexity index is 1070. The number of aryl methyl sites for hydroxylation is 3. The van der Waals surface area contributed by atoms with Crippen LogP contribution in [0.2, 0.25) is 0 Å². The smallest absolute Gasteiger partial charge is 0.325 e. The minimum absolute atomic E-state index is 0.144. The number of nitrogens with one attached hydrogen (secondary N) is 2. The molecule has 0 spiro atoms. The van der Waals surface area contributed by atoms with Crippen molar-refractivity contribution in [2.24, 2.45) is 0 Å². The lowest BCUT2D eigenvalue weighted by Gasteiger charge is -2.03. The van der Waals surface area contributed by atoms with E-state index in [1.54, 1.807) is 0 Å². The van der Waals surface area contributed by atoms with E-state index in [4.69, 9.17) is 5.11 Å². The van der Waals surface area contributed by atoms with Crippen molar-refractivity contribution < 1.29 is 14.7 Å². The van der Waals surface area contributed by atoms with Crippen LogP contribution < -0.4 is 10.9 Å². The van der Waals surface area contributed by atoms with Crippen LogP contribution in [0.3, 0.4) is 0 Å². The van der Waals surface area contributed by atoms with E-state index in [1.807, 2.05) is 13.8 Å². The first-order valence-electron chi connectivity index (χ1n) is 8.20. The largest absolute Gasteiger partial charge is 0.480 e. The molecule has 0 aliphatic heterocycles. The molecule has 1 amide bonds. The lowest BCUT2D eigenvalue weighted by Crippen LogP contribution is -2.24. The molecule has 3 aromatic rings. The number of aromatic amines is 1. The quantitative estimate of drug-likeness (QED) is 0.534. The highest BCUT2D eigenvalue weighted by Crippen LogP contribution is 2.25. The maximum Gasteiger partial charge on any atom is 0.325 e. The first-order chi connectivity index (χ1) is 12.8. The number of amides is 1. The number of aromatic nitrogens is 5. The maximum atomic E-state index is 12.2. The lowest BCUT2D eigenvalue weighted by atomic mass is 10.2. The van der Waals surface area contributed by atoms with Crippen LogP contribution in [0.15, 0.2) is 11.0 Å². The molecule has 27 heavy (non-hydrogen) atoms. The van der Waals surface area contributed by atoms with E-state index >= 15 is 0 Å². The number of aliphatic carboxylic acids is 1. The summed E-state index contributed by atoms with van der Waals surface area (Å²) in [7, 11) is 0. The molecule has 0 aromatic carbocycles. The molecule has 0 radical (unpaired) electrons. The third-order valence-corrected chi connectivity index (χ3v) is 5.13. The van der Waals surface area contributed by atoms with Gasteiger partial charge in [-0.15, -0.1) is 16.4 Å². The second-order valence-electron chi connectivity index (χ2n) is 6.05. The molecule has 0 aliphatic carbocycles. The Labute approximate surface area is 157 Å². The number of hydrogen-bond donors (Lipinski definition) is 3. The third kappa shape index (κ3) is 4.37. The number of carbonyl (C=O) groups is 2. The van der Waals surface area contributed by atoms with E-state index in [0.29, 0.717) is 28.2 Å². The molecular weight excluding hydrogens is 372 g/mol. The van der Waals surface area contributed by atoms with Crippen molar-refractivity contribution in [3.63, 3.8) is 0 Å². The van der Waals surface area contributed by atoms with Gasteiger partial charge in [0.05, 0.1) is 18.1 Å². The Morgan fingerprint density at radius 3 is 2.89 bits per heavy atom. The minimum Gasteiger partial charge on any atom is -0.480 e. The Morgan fingerprint density at radius 1 is 1.37 bits per heavy atom. The Hall–Kier alpha value is -3.08. The average Bonchev–Trinajstić information content (AvgIpc) is 3.15. The summed E-state index contributed by atoms with van der Waals surface area (Å²) in [5.74, 6) is -0.787. The molecule has 3 heterocycles. The molecule has 0 aliphatic rings. The summed E-state index contributed by atoms with van der Waals surface area (Å²) in [5.41, 5.74) is 1.21. The van der Waals surface area contributed by atoms with Gasteiger partial charge in [-0.1, -0.05) is 5.21 Å². The molecule has 0 atom stereocenters. The fourth-order valence-electron chi connectivity index (χ4n) is 2.56. The SMILES string of the molecule is Cc1sc2nc(CCC(=O)NCc3cn(CC(=O)O)nn3)[nH]c(=O)c2c1C. The molecule has 10 nitrogen and oxygen atoms in total. The molecule has 0 saturated carbocycles. The van der Waals surface area contributed by atoms with E-state index in [2.05, 4.69) is 25.6 Å². The van der Waals surface area contributed by atoms with E-state index in [-0.39, 0.29) is 31.0 Å². The first-order valence-corrected chi connectivity index (χ1v) is 9.01. The van der Waals surface area contributed by atoms with Crippen molar-refractivity contribution in [1.82, 2.24) is 30.3 Å². The van der Waals surface area contributed by atoms with Crippen molar-refractivity contribution in [2.45, 2.75) is 39.8 Å². The van der Waals surface area contributed by atoms with E-state index < -0.39 is 5.97 Å². The molecule has 11 heteroatoms. The number of nitrogens with zero attached hydrogens (tertiary/aromatic N) is 4. The molecule has 3 aromatic heterocycles. The average molecular weight is 390 g/mol. The van der Waals surface area contributed by atoms with E-state index in [0.717, 1.165) is 10.4 Å². The minimum atomic E-state index is -1.02. The zero-order valence-electron chi connectivity index (χ0n) is 14.8. The van der Waals surface area contributed by atoms with Crippen molar-refractivity contribution in [1.29, 1.82) is 0 Å². The van der Waals surface area contributed by atoms with Gasteiger partial charge in [-0.25, -0.2) is 9.67 Å². The maximum absolute atomic E-state index is 12.2. The zero-order valence-corrected chi connectivity index (χ0v) is 15.6. The molecule has 3 N–H and O–H groups in total. The molecular formula is C16H18N6O4S. The van der Waals surface area contributed by atoms with Gasteiger partial charge in [0.15, 0.2) is 0 Å². The van der Waals surface area contributed by atoms with Crippen LogP contribution >= 0.6 is 11.3 Å². The van der Waals surface area contributed by atoms with Gasteiger partial charge < -0.3 is 15.4 Å². The summed E-state index contributed by atoms with van der Waals surface area (Å²) in [4.78, 5) is 43.7. The number of carbonyl (C=O) groups excluding carboxylic acids is 1. The summed E-state index contributed by atoms with van der Waals surface area (Å²) in [6, 6.07) is 0. The first kappa shape index (κ1) is 18.7. The van der Waals surface area contributed by atoms with Crippen LogP contribution in [0.5, 0.6) is 0 Å². The number of H-pyrrole nitrogens is 1. The monoisotopic (exact) mass is 390 g/mol. The van der Waals surface area contributed by atoms with Crippen LogP contribution in [-0.4, -0.2) is 41.9 Å². The highest BCUT2D eigenvalue weighted by Gasteiger charge is 2.13. The second kappa shape index (κ2) is 7.66. The van der Waals surface area contributed by atoms with Crippen LogP contribution in [-0.2, 0) is 29.1 Å². The van der Waals surface area contributed by atoms with Crippen LogP contribution in [0.25, 0.3) is 10.2 Å². The number of hydrogen-bond acceptors (Lipinski definition) is 7. The van der Waals surface area contributed by atoms with Gasteiger partial charge in [0.2, 0.25) is 5.91 Å². The Morgan fingerprint density at radius 2 is 2.15 bits per heavy atom. The van der Waals surface area contributed by atoms with Gasteiger partial charge in [-0.3, -0.25) is 14.4 Å². The van der Waals surface area contributed by atoms with E-state index in [1.165, 1.54) is 22.2 Å². The molecule has 0 saturated heterocycles. The predicted octanol–water partition coefficient (Wildman–Crippen LogP) is 0.527. The molecule has 0 unspecified atom stereocenters. The Kier molecular flexibility index (Phi) is 5.31. The summed E-state index contributed by atoms with van der Waals surface area (Å²) < 4.78 is 1.18. The van der Waals surface area contributed by atoms with E-state index in [9.17, 15) is 14.4 Å². The number of carboxylic acids is 1. The van der Waals surface area contributed by atoms with Crippen molar-refractivity contribution in [3.05, 3.63) is 38.5 Å². The third-order valence-electron chi connectivity index (χ3n) is 4.03. The highest BCUT2D eigenvalue weighted by atomic mass is 32.1. The zero-order chi connectivity index (χ0) is 19.6. The molecule has 0 bridgehead atoms. The molecule has 0 fully saturated rings. The number of rotatable bonds is 7. The topological polar surface area (TPSA) is 143 Å². The van der Waals surface area contributed by atoms with Crippen molar-refractivity contribution >= 4 is 33.4 Å². The summed E-state index contributed by atoms with van der Waals surface area (Å²) in [6.07, 6.45) is 1.92. The molecule has 142 valence electrons. The van der Waals surface area contributed by atoms with Crippen molar-refractivity contribution in [3.8, 4) is 0 Å². The standard InChI is InChI=1S/C16H18N6O4S/c1-8-9(2)27-16-14(8)15(26)18-11(19-16)3-4-12(23)17-5-10-6-22(21-20-10)7-13(24)25/h6H,3-5,7H2,1-2H3,(H,17,23)(H,24,25)(H,18,19,26). The van der Waals surface area contributed by atoms with Gasteiger partial charge in [0.1, 0.15) is 22.9 Å². The van der Waals surface area contributed by atoms with Gasteiger partial charge >= 0.3 is 5.97 Å². The Balaban J connectivity index is 1.56. The number of carboxylic acid groups (broad SMARTS) is 1. The number of fused-ring (bicyclic) bond motifs is 1. The van der Waals surface area contributed by atoms with Crippen molar-refractivity contribution in [2.75, 3.05) is 0 Å². The van der Waals surface area contributed by atoms with Gasteiger partial charge in [-0.2, -0.15) is 0 Å². The normalized spacial score (nSPS) is 11.0. The highest BCUT2D eigenvalue weighted by molar-refractivity contribution is 7.18. The number of thiophene rings is 1. The van der Waals surface area contributed by atoms with Crippen LogP contribution in [0.4, 0.5) is 0 Å².